The van der Waals surface area contributed by atoms with Crippen molar-refractivity contribution in [3.8, 4) is 5.82 Å². The van der Waals surface area contributed by atoms with E-state index in [1.54, 1.807) is 41.3 Å². The van der Waals surface area contributed by atoms with Gasteiger partial charge in [0.1, 0.15) is 0 Å². The molecule has 0 aliphatic rings. The normalized spacial score (nSPS) is 10.5. The van der Waals surface area contributed by atoms with Gasteiger partial charge < -0.3 is 5.32 Å². The molecule has 1 amide bonds. The number of nitrogens with one attached hydrogen (secondary N) is 1. The fourth-order valence-electron chi connectivity index (χ4n) is 2.21. The van der Waals surface area contributed by atoms with Crippen molar-refractivity contribution in [1.29, 1.82) is 0 Å². The zero-order valence-corrected chi connectivity index (χ0v) is 13.2. The molecule has 2 heterocycles. The molecule has 122 valence electrons. The van der Waals surface area contributed by atoms with Crippen molar-refractivity contribution in [1.82, 2.24) is 24.9 Å². The van der Waals surface area contributed by atoms with E-state index in [4.69, 9.17) is 0 Å². The minimum absolute atomic E-state index is 0.175. The average Bonchev–Trinajstić information content (AvgIpc) is 3.11. The van der Waals surface area contributed by atoms with Crippen molar-refractivity contribution >= 4 is 5.91 Å². The Kier molecular flexibility index (Phi) is 4.51. The Morgan fingerprint density at radius 2 is 1.96 bits per heavy atom. The lowest BCUT2D eigenvalue weighted by molar-refractivity contribution is 0.0951. The van der Waals surface area contributed by atoms with Crippen molar-refractivity contribution in [3.05, 3.63) is 76.3 Å². The van der Waals surface area contributed by atoms with E-state index in [1.807, 2.05) is 19.1 Å². The number of nitrogens with zero attached hydrogens (tertiary/aromatic N) is 4. The third kappa shape index (κ3) is 3.57. The zero-order valence-electron chi connectivity index (χ0n) is 13.2. The number of aromatic nitrogens is 4. The first-order valence-electron chi connectivity index (χ1n) is 7.56. The second-order valence-corrected chi connectivity index (χ2v) is 5.33. The highest BCUT2D eigenvalue weighted by atomic mass is 16.2. The molecule has 3 aromatic rings. The quantitative estimate of drug-likeness (QED) is 0.764. The van der Waals surface area contributed by atoms with Gasteiger partial charge in [-0.25, -0.2) is 9.36 Å². The molecule has 0 spiro atoms. The van der Waals surface area contributed by atoms with Crippen molar-refractivity contribution in [2.24, 2.45) is 0 Å². The molecule has 0 fully saturated rings. The molecule has 0 atom stereocenters. The van der Waals surface area contributed by atoms with Gasteiger partial charge in [0, 0.05) is 30.6 Å². The number of carbonyl (C=O) groups is 1. The van der Waals surface area contributed by atoms with Gasteiger partial charge in [-0.2, -0.15) is 5.10 Å². The highest BCUT2D eigenvalue weighted by Gasteiger charge is 2.06. The van der Waals surface area contributed by atoms with Gasteiger partial charge in [-0.15, -0.1) is 5.10 Å². The number of hydrogen-bond donors (Lipinski definition) is 1. The molecular formula is C17H17N5O2. The molecule has 0 saturated heterocycles. The van der Waals surface area contributed by atoms with Crippen LogP contribution < -0.4 is 10.9 Å². The lowest BCUT2D eigenvalue weighted by Gasteiger charge is -2.08. The number of benzene rings is 1. The first-order valence-corrected chi connectivity index (χ1v) is 7.56. The van der Waals surface area contributed by atoms with Crippen molar-refractivity contribution in [2.45, 2.75) is 13.5 Å². The summed E-state index contributed by atoms with van der Waals surface area (Å²) < 4.78 is 2.88. The van der Waals surface area contributed by atoms with Gasteiger partial charge in [-0.1, -0.05) is 17.7 Å². The summed E-state index contributed by atoms with van der Waals surface area (Å²) in [6.07, 6.45) is 3.38. The van der Waals surface area contributed by atoms with E-state index in [2.05, 4.69) is 15.5 Å². The maximum absolute atomic E-state index is 12.1. The molecule has 0 saturated carbocycles. The fraction of sp³-hybridized carbons (Fsp3) is 0.176. The van der Waals surface area contributed by atoms with Crippen LogP contribution in [0.4, 0.5) is 0 Å². The van der Waals surface area contributed by atoms with Crippen LogP contribution in [0, 0.1) is 6.92 Å². The van der Waals surface area contributed by atoms with Crippen LogP contribution in [0.5, 0.6) is 0 Å². The number of carbonyl (C=O) groups excluding carboxylic acids is 1. The minimum atomic E-state index is -0.226. The van der Waals surface area contributed by atoms with E-state index in [-0.39, 0.29) is 18.0 Å². The molecule has 1 aromatic carbocycles. The highest BCUT2D eigenvalue weighted by Crippen LogP contribution is 2.02. The molecule has 0 unspecified atom stereocenters. The van der Waals surface area contributed by atoms with Gasteiger partial charge in [-0.3, -0.25) is 9.59 Å². The molecular weight excluding hydrogens is 306 g/mol. The summed E-state index contributed by atoms with van der Waals surface area (Å²) in [5.41, 5.74) is 1.46. The molecule has 1 N–H and O–H groups in total. The van der Waals surface area contributed by atoms with Crippen LogP contribution in [0.25, 0.3) is 5.82 Å². The Balaban J connectivity index is 1.64. The minimum Gasteiger partial charge on any atom is -0.350 e. The van der Waals surface area contributed by atoms with E-state index < -0.39 is 0 Å². The monoisotopic (exact) mass is 323 g/mol. The molecule has 0 aliphatic heterocycles. The molecule has 3 rings (SSSR count). The van der Waals surface area contributed by atoms with Gasteiger partial charge in [-0.05, 0) is 31.2 Å². The standard InChI is InChI=1S/C17H17N5O2/c1-13-3-5-14(6-4-13)17(24)18-10-12-22-16(23)8-7-15(20-22)21-11-2-9-19-21/h2-9,11H,10,12H2,1H3,(H,18,24). The lowest BCUT2D eigenvalue weighted by atomic mass is 10.1. The predicted octanol–water partition coefficient (Wildman–Crippen LogP) is 1.17. The van der Waals surface area contributed by atoms with Gasteiger partial charge in [0.05, 0.1) is 6.54 Å². The highest BCUT2D eigenvalue weighted by molar-refractivity contribution is 5.94. The number of amides is 1. The van der Waals surface area contributed by atoms with E-state index >= 15 is 0 Å². The summed E-state index contributed by atoms with van der Waals surface area (Å²) in [7, 11) is 0. The summed E-state index contributed by atoms with van der Waals surface area (Å²) in [5.74, 6) is 0.371. The fourth-order valence-corrected chi connectivity index (χ4v) is 2.21. The van der Waals surface area contributed by atoms with Crippen LogP contribution in [0.2, 0.25) is 0 Å². The van der Waals surface area contributed by atoms with Crippen LogP contribution in [0.3, 0.4) is 0 Å². The second kappa shape index (κ2) is 6.91. The second-order valence-electron chi connectivity index (χ2n) is 5.33. The lowest BCUT2D eigenvalue weighted by Crippen LogP contribution is -2.32. The van der Waals surface area contributed by atoms with Crippen LogP contribution >= 0.6 is 0 Å². The summed E-state index contributed by atoms with van der Waals surface area (Å²) in [4.78, 5) is 23.9. The topological polar surface area (TPSA) is 81.8 Å². The molecule has 0 bridgehead atoms. The first-order chi connectivity index (χ1) is 11.6. The van der Waals surface area contributed by atoms with Crippen LogP contribution in [-0.4, -0.2) is 32.0 Å². The number of rotatable bonds is 5. The summed E-state index contributed by atoms with van der Waals surface area (Å²) >= 11 is 0. The molecule has 7 heteroatoms. The Hall–Kier alpha value is -3.22. The molecule has 0 aliphatic carbocycles. The Morgan fingerprint density at radius 3 is 2.67 bits per heavy atom. The first kappa shape index (κ1) is 15.7. The Labute approximate surface area is 138 Å². The number of aryl methyl sites for hydroxylation is 1. The van der Waals surface area contributed by atoms with Crippen molar-refractivity contribution < 1.29 is 4.79 Å². The molecule has 24 heavy (non-hydrogen) atoms. The van der Waals surface area contributed by atoms with Gasteiger partial charge >= 0.3 is 0 Å². The largest absolute Gasteiger partial charge is 0.350 e. The van der Waals surface area contributed by atoms with Gasteiger partial charge in [0.25, 0.3) is 11.5 Å². The summed E-state index contributed by atoms with van der Waals surface area (Å²) in [6, 6.07) is 12.1. The van der Waals surface area contributed by atoms with Crippen LogP contribution in [0.15, 0.2) is 59.7 Å². The van der Waals surface area contributed by atoms with Crippen molar-refractivity contribution in [3.63, 3.8) is 0 Å². The molecule has 7 nitrogen and oxygen atoms in total. The Bertz CT molecular complexity index is 882. The summed E-state index contributed by atoms with van der Waals surface area (Å²) in [5, 5.41) is 11.1. The SMILES string of the molecule is Cc1ccc(C(=O)NCCn2nc(-n3cccn3)ccc2=O)cc1. The van der Waals surface area contributed by atoms with Gasteiger partial charge in [0.2, 0.25) is 0 Å². The summed E-state index contributed by atoms with van der Waals surface area (Å²) in [6.45, 7) is 2.56. The maximum Gasteiger partial charge on any atom is 0.266 e. The smallest absolute Gasteiger partial charge is 0.266 e. The van der Waals surface area contributed by atoms with E-state index in [9.17, 15) is 9.59 Å². The van der Waals surface area contributed by atoms with E-state index in [0.29, 0.717) is 17.9 Å². The zero-order chi connectivity index (χ0) is 16.9. The van der Waals surface area contributed by atoms with E-state index in [1.165, 1.54) is 10.7 Å². The third-order valence-electron chi connectivity index (χ3n) is 3.51. The Morgan fingerprint density at radius 1 is 1.17 bits per heavy atom. The average molecular weight is 323 g/mol. The maximum atomic E-state index is 12.1. The third-order valence-corrected chi connectivity index (χ3v) is 3.51. The molecule has 2 aromatic heterocycles. The number of hydrogen-bond acceptors (Lipinski definition) is 4. The van der Waals surface area contributed by atoms with Crippen molar-refractivity contribution in [2.75, 3.05) is 6.54 Å². The predicted molar refractivity (Wildman–Crippen MR) is 89.1 cm³/mol. The van der Waals surface area contributed by atoms with Crippen LogP contribution in [0.1, 0.15) is 15.9 Å². The molecule has 0 radical (unpaired) electrons. The van der Waals surface area contributed by atoms with Crippen LogP contribution in [-0.2, 0) is 6.54 Å². The van der Waals surface area contributed by atoms with Gasteiger partial charge in [0.15, 0.2) is 5.82 Å². The van der Waals surface area contributed by atoms with E-state index in [0.717, 1.165) is 5.56 Å².